The third-order valence-electron chi connectivity index (χ3n) is 10.8. The molecule has 0 spiro atoms. The van der Waals surface area contributed by atoms with Crippen molar-refractivity contribution >= 4 is 48.1 Å². The van der Waals surface area contributed by atoms with Gasteiger partial charge < -0.3 is 9.84 Å². The van der Waals surface area contributed by atoms with Crippen molar-refractivity contribution in [2.75, 3.05) is 0 Å². The van der Waals surface area contributed by atoms with Crippen molar-refractivity contribution in [3.8, 4) is 17.0 Å². The number of hydrogen-bond donors (Lipinski definition) is 1. The molecule has 3 aromatic carbocycles. The van der Waals surface area contributed by atoms with Crippen LogP contribution in [0.2, 0.25) is 0 Å². The number of nitrogens with zero attached hydrogens (tertiary/aromatic N) is 1. The van der Waals surface area contributed by atoms with Crippen LogP contribution in [0.25, 0.3) is 42.2 Å². The number of ether oxygens (including phenoxy) is 1. The number of ketones is 1. The number of hydrogen-bond acceptors (Lipinski definition) is 5. The first-order chi connectivity index (χ1) is 23.3. The van der Waals surface area contributed by atoms with Gasteiger partial charge in [0.05, 0.1) is 11.5 Å². The van der Waals surface area contributed by atoms with Gasteiger partial charge in [-0.2, -0.15) is 0 Å². The van der Waals surface area contributed by atoms with Crippen molar-refractivity contribution in [3.63, 3.8) is 0 Å². The van der Waals surface area contributed by atoms with Crippen molar-refractivity contribution in [1.29, 1.82) is 0 Å². The summed E-state index contributed by atoms with van der Waals surface area (Å²) in [5.74, 6) is 2.10. The zero-order valence-electron chi connectivity index (χ0n) is 31.5. The van der Waals surface area contributed by atoms with Gasteiger partial charge in [0, 0.05) is 70.1 Å². The summed E-state index contributed by atoms with van der Waals surface area (Å²) in [6.45, 7) is 21.6. The Bertz CT molecular complexity index is 2000. The fourth-order valence-electron chi connectivity index (χ4n) is 7.16. The first-order valence-electron chi connectivity index (χ1n) is 18.2. The van der Waals surface area contributed by atoms with Crippen LogP contribution in [0, 0.1) is 23.8 Å². The van der Waals surface area contributed by atoms with Crippen LogP contribution in [0.3, 0.4) is 0 Å². The van der Waals surface area contributed by atoms with Gasteiger partial charge in [0.1, 0.15) is 5.60 Å². The molecule has 1 aliphatic heterocycles. The van der Waals surface area contributed by atoms with E-state index in [1.807, 2.05) is 45.2 Å². The SMILES string of the molecule is CC(C)Cc1cccc2c1sc1c(-c3[c-]c4ccccc4c4c3OC(C)(C)C4(C)C)nccc12.CCC(CC)C(=O)/C=C(\O)C(CC)CC.[Ir]. The quantitative estimate of drug-likeness (QED) is 0.0863. The molecule has 0 bridgehead atoms. The maximum atomic E-state index is 11.7. The smallest absolute Gasteiger partial charge is 0.162 e. The molecule has 1 aliphatic rings. The van der Waals surface area contributed by atoms with Gasteiger partial charge in [-0.1, -0.05) is 108 Å². The molecule has 4 nitrogen and oxygen atoms in total. The number of aliphatic hydroxyl groups excluding tert-OH is 1. The zero-order chi connectivity index (χ0) is 35.7. The molecule has 0 amide bonds. The third kappa shape index (κ3) is 7.45. The summed E-state index contributed by atoms with van der Waals surface area (Å²) in [7, 11) is 0. The summed E-state index contributed by atoms with van der Waals surface area (Å²) < 4.78 is 9.33. The molecule has 0 aliphatic carbocycles. The molecule has 0 saturated heterocycles. The van der Waals surface area contributed by atoms with Crippen LogP contribution < -0.4 is 4.74 Å². The van der Waals surface area contributed by atoms with Crippen LogP contribution in [-0.4, -0.2) is 21.5 Å². The fourth-order valence-corrected chi connectivity index (χ4v) is 8.48. The summed E-state index contributed by atoms with van der Waals surface area (Å²) in [6, 6.07) is 21.2. The summed E-state index contributed by atoms with van der Waals surface area (Å²) >= 11 is 1.86. The number of thiophene rings is 1. The standard InChI is InChI=1S/C31H30NOS.C13H24O2.Ir/c1-18(2)16-20-11-9-13-22-23-14-15-32-26(29(23)34-28(20)22)24-17-19-10-7-8-12-21(19)25-27(24)33-31(5,6)30(25,3)4;1-5-10(6-2)12(14)9-13(15)11(7-3)8-4;/h7-15,18H,16H2,1-6H3;9-11,14H,5-8H2,1-4H3;/q-1;;/b;12-9-;. The Hall–Kier alpha value is -3.05. The second kappa shape index (κ2) is 16.1. The van der Waals surface area contributed by atoms with Gasteiger partial charge in [-0.15, -0.1) is 28.9 Å². The number of carbonyl (C=O) groups is 1. The number of pyridine rings is 1. The molecule has 5 aromatic rings. The van der Waals surface area contributed by atoms with Crippen molar-refractivity contribution in [3.05, 3.63) is 83.8 Å². The van der Waals surface area contributed by atoms with Crippen molar-refractivity contribution in [2.45, 2.75) is 112 Å². The molecule has 1 radical (unpaired) electrons. The van der Waals surface area contributed by atoms with Crippen LogP contribution in [0.1, 0.15) is 106 Å². The molecule has 1 N–H and O–H groups in total. The van der Waals surface area contributed by atoms with E-state index < -0.39 is 0 Å². The van der Waals surface area contributed by atoms with Crippen LogP contribution in [0.5, 0.6) is 5.75 Å². The number of fused-ring (bicyclic) bond motifs is 6. The molecular weight excluding hydrogens is 815 g/mol. The number of aliphatic hydroxyl groups is 1. The molecule has 6 rings (SSSR count). The van der Waals surface area contributed by atoms with E-state index in [4.69, 9.17) is 9.72 Å². The second-order valence-corrected chi connectivity index (χ2v) is 16.0. The van der Waals surface area contributed by atoms with Crippen LogP contribution in [-0.2, 0) is 36.7 Å². The van der Waals surface area contributed by atoms with Gasteiger partial charge in [-0.3, -0.25) is 9.78 Å². The number of carbonyl (C=O) groups excluding carboxylic acids is 1. The van der Waals surface area contributed by atoms with Crippen LogP contribution in [0.15, 0.2) is 66.6 Å². The summed E-state index contributed by atoms with van der Waals surface area (Å²) in [5.41, 5.74) is 4.16. The molecule has 269 valence electrons. The van der Waals surface area contributed by atoms with E-state index in [-0.39, 0.29) is 54.5 Å². The topological polar surface area (TPSA) is 59.4 Å². The average molecular weight is 869 g/mol. The second-order valence-electron chi connectivity index (χ2n) is 15.0. The van der Waals surface area contributed by atoms with Gasteiger partial charge in [0.2, 0.25) is 0 Å². The Morgan fingerprint density at radius 1 is 0.880 bits per heavy atom. The van der Waals surface area contributed by atoms with Crippen molar-refractivity contribution < 1.29 is 34.7 Å². The first-order valence-corrected chi connectivity index (χ1v) is 19.0. The average Bonchev–Trinajstić information content (AvgIpc) is 3.54. The number of benzene rings is 3. The minimum absolute atomic E-state index is 0. The molecular formula is C44H54IrNO3S-. The largest absolute Gasteiger partial charge is 0.521 e. The molecule has 0 atom stereocenters. The van der Waals surface area contributed by atoms with Gasteiger partial charge >= 0.3 is 0 Å². The predicted molar refractivity (Wildman–Crippen MR) is 209 cm³/mol. The normalized spacial score (nSPS) is 14.9. The Kier molecular flexibility index (Phi) is 12.8. The summed E-state index contributed by atoms with van der Waals surface area (Å²) in [6.07, 6.45) is 7.93. The molecule has 3 heterocycles. The fraction of sp³-hybridized carbons (Fsp3) is 0.455. The van der Waals surface area contributed by atoms with Gasteiger partial charge in [-0.25, -0.2) is 0 Å². The van der Waals surface area contributed by atoms with E-state index in [9.17, 15) is 9.90 Å². The zero-order valence-corrected chi connectivity index (χ0v) is 34.7. The van der Waals surface area contributed by atoms with Crippen LogP contribution >= 0.6 is 11.3 Å². The molecule has 50 heavy (non-hydrogen) atoms. The number of rotatable bonds is 10. The van der Waals surface area contributed by atoms with Gasteiger partial charge in [0.15, 0.2) is 5.78 Å². The van der Waals surface area contributed by atoms with Gasteiger partial charge in [0.25, 0.3) is 0 Å². The Morgan fingerprint density at radius 3 is 2.14 bits per heavy atom. The number of allylic oxidation sites excluding steroid dienone is 2. The van der Waals surface area contributed by atoms with E-state index in [0.29, 0.717) is 5.92 Å². The summed E-state index contributed by atoms with van der Waals surface area (Å²) in [4.78, 5) is 16.7. The molecule has 0 saturated carbocycles. The Balaban J connectivity index is 0.000000301. The summed E-state index contributed by atoms with van der Waals surface area (Å²) in [5, 5.41) is 14.7. The monoisotopic (exact) mass is 869 g/mol. The maximum absolute atomic E-state index is 11.7. The Labute approximate surface area is 317 Å². The maximum Gasteiger partial charge on any atom is 0.162 e. The van der Waals surface area contributed by atoms with Gasteiger partial charge in [-0.05, 0) is 68.9 Å². The van der Waals surface area contributed by atoms with Crippen LogP contribution in [0.4, 0.5) is 0 Å². The molecule has 0 unspecified atom stereocenters. The van der Waals surface area contributed by atoms with Crippen molar-refractivity contribution in [1.82, 2.24) is 4.98 Å². The first kappa shape index (κ1) is 39.7. The minimum Gasteiger partial charge on any atom is -0.521 e. The molecule has 2 aromatic heterocycles. The predicted octanol–water partition coefficient (Wildman–Crippen LogP) is 12.6. The van der Waals surface area contributed by atoms with E-state index in [1.54, 1.807) is 0 Å². The number of aromatic nitrogens is 1. The van der Waals surface area contributed by atoms with Crippen molar-refractivity contribution in [2.24, 2.45) is 17.8 Å². The minimum atomic E-state index is -0.333. The van der Waals surface area contributed by atoms with E-state index >= 15 is 0 Å². The Morgan fingerprint density at radius 2 is 1.50 bits per heavy atom. The third-order valence-corrected chi connectivity index (χ3v) is 12.1. The molecule has 6 heteroatoms. The van der Waals surface area contributed by atoms with E-state index in [0.717, 1.165) is 54.5 Å². The van der Waals surface area contributed by atoms with E-state index in [2.05, 4.69) is 96.1 Å². The van der Waals surface area contributed by atoms with E-state index in [1.165, 1.54) is 42.8 Å². The molecule has 0 fully saturated rings.